The van der Waals surface area contributed by atoms with E-state index in [-0.39, 0.29) is 5.82 Å². The molecule has 0 bridgehead atoms. The molecule has 0 saturated carbocycles. The Kier molecular flexibility index (Phi) is 2.31. The van der Waals surface area contributed by atoms with Gasteiger partial charge < -0.3 is 0 Å². The number of H-pyrrole nitrogens is 1. The van der Waals surface area contributed by atoms with Gasteiger partial charge in [0.15, 0.2) is 0 Å². The fraction of sp³-hybridized carbons (Fsp3) is 0.182. The summed E-state index contributed by atoms with van der Waals surface area (Å²) in [4.78, 5) is 0. The molecule has 1 aromatic carbocycles. The van der Waals surface area contributed by atoms with Gasteiger partial charge in [0.05, 0.1) is 6.20 Å². The molecule has 3 heteroatoms. The van der Waals surface area contributed by atoms with Crippen LogP contribution in [0.3, 0.4) is 0 Å². The van der Waals surface area contributed by atoms with Crippen LogP contribution in [0.4, 0.5) is 4.39 Å². The van der Waals surface area contributed by atoms with E-state index in [4.69, 9.17) is 0 Å². The number of aryl methyl sites for hydroxylation is 1. The van der Waals surface area contributed by atoms with Gasteiger partial charge in [-0.1, -0.05) is 19.1 Å². The molecule has 72 valence electrons. The number of rotatable bonds is 2. The number of aromatic amines is 1. The van der Waals surface area contributed by atoms with Gasteiger partial charge in [-0.15, -0.1) is 0 Å². The van der Waals surface area contributed by atoms with E-state index in [1.54, 1.807) is 18.5 Å². The standard InChI is InChI=1S/C11H11FN2/c1-2-8-3-4-9(5-11(8)12)10-6-13-14-7-10/h3-7H,2H2,1H3,(H,13,14). The monoisotopic (exact) mass is 190 g/mol. The van der Waals surface area contributed by atoms with E-state index in [2.05, 4.69) is 10.2 Å². The molecule has 2 aromatic rings. The number of nitrogens with zero attached hydrogens (tertiary/aromatic N) is 1. The highest BCUT2D eigenvalue weighted by Crippen LogP contribution is 2.20. The SMILES string of the molecule is CCc1ccc(-c2cn[nH]c2)cc1F. The van der Waals surface area contributed by atoms with E-state index >= 15 is 0 Å². The number of aromatic nitrogens is 2. The molecule has 14 heavy (non-hydrogen) atoms. The molecule has 0 atom stereocenters. The minimum atomic E-state index is -0.147. The van der Waals surface area contributed by atoms with Crippen molar-refractivity contribution in [1.82, 2.24) is 10.2 Å². The Hall–Kier alpha value is -1.64. The zero-order chi connectivity index (χ0) is 9.97. The second-order valence-electron chi connectivity index (χ2n) is 3.15. The zero-order valence-electron chi connectivity index (χ0n) is 7.92. The van der Waals surface area contributed by atoms with Crippen molar-refractivity contribution in [2.75, 3.05) is 0 Å². The molecule has 0 fully saturated rings. The summed E-state index contributed by atoms with van der Waals surface area (Å²) in [6.07, 6.45) is 4.15. The lowest BCUT2D eigenvalue weighted by molar-refractivity contribution is 0.613. The third kappa shape index (κ3) is 1.53. The third-order valence-corrected chi connectivity index (χ3v) is 2.27. The summed E-state index contributed by atoms with van der Waals surface area (Å²) in [5.41, 5.74) is 2.51. The highest BCUT2D eigenvalue weighted by atomic mass is 19.1. The Labute approximate surface area is 81.8 Å². The largest absolute Gasteiger partial charge is 0.285 e. The summed E-state index contributed by atoms with van der Waals surface area (Å²) in [5, 5.41) is 6.53. The molecule has 0 unspecified atom stereocenters. The lowest BCUT2D eigenvalue weighted by Crippen LogP contribution is -1.87. The van der Waals surface area contributed by atoms with Gasteiger partial charge in [0, 0.05) is 11.8 Å². The molecule has 2 nitrogen and oxygen atoms in total. The van der Waals surface area contributed by atoms with E-state index < -0.39 is 0 Å². The first-order valence-electron chi connectivity index (χ1n) is 4.59. The highest BCUT2D eigenvalue weighted by molar-refractivity contribution is 5.61. The lowest BCUT2D eigenvalue weighted by atomic mass is 10.1. The summed E-state index contributed by atoms with van der Waals surface area (Å²) in [7, 11) is 0. The van der Waals surface area contributed by atoms with Crippen molar-refractivity contribution in [3.8, 4) is 11.1 Å². The fourth-order valence-electron chi connectivity index (χ4n) is 1.42. The molecule has 0 aliphatic heterocycles. The van der Waals surface area contributed by atoms with Crippen LogP contribution in [0.2, 0.25) is 0 Å². The van der Waals surface area contributed by atoms with E-state index in [1.165, 1.54) is 0 Å². The second-order valence-corrected chi connectivity index (χ2v) is 3.15. The summed E-state index contributed by atoms with van der Waals surface area (Å²) < 4.78 is 13.4. The van der Waals surface area contributed by atoms with Crippen LogP contribution < -0.4 is 0 Å². The summed E-state index contributed by atoms with van der Waals surface area (Å²) in [6, 6.07) is 5.27. The van der Waals surface area contributed by atoms with Crippen LogP contribution in [-0.2, 0) is 6.42 Å². The zero-order valence-corrected chi connectivity index (χ0v) is 7.92. The van der Waals surface area contributed by atoms with Crippen LogP contribution in [-0.4, -0.2) is 10.2 Å². The molecule has 0 radical (unpaired) electrons. The van der Waals surface area contributed by atoms with E-state index in [9.17, 15) is 4.39 Å². The number of hydrogen-bond donors (Lipinski definition) is 1. The molecular formula is C11H11FN2. The van der Waals surface area contributed by atoms with Crippen LogP contribution >= 0.6 is 0 Å². The molecule has 1 N–H and O–H groups in total. The fourth-order valence-corrected chi connectivity index (χ4v) is 1.42. The van der Waals surface area contributed by atoms with E-state index in [0.717, 1.165) is 23.1 Å². The van der Waals surface area contributed by atoms with Crippen molar-refractivity contribution in [3.63, 3.8) is 0 Å². The predicted octanol–water partition coefficient (Wildman–Crippen LogP) is 2.78. The molecule has 0 amide bonds. The van der Waals surface area contributed by atoms with Crippen molar-refractivity contribution in [1.29, 1.82) is 0 Å². The average molecular weight is 190 g/mol. The van der Waals surface area contributed by atoms with Gasteiger partial charge in [-0.05, 0) is 23.6 Å². The van der Waals surface area contributed by atoms with Gasteiger partial charge >= 0.3 is 0 Å². The normalized spacial score (nSPS) is 10.4. The molecule has 0 saturated heterocycles. The van der Waals surface area contributed by atoms with E-state index in [0.29, 0.717) is 0 Å². The number of nitrogens with one attached hydrogen (secondary N) is 1. The summed E-state index contributed by atoms with van der Waals surface area (Å²) in [6.45, 7) is 1.94. The van der Waals surface area contributed by atoms with Crippen LogP contribution in [0.25, 0.3) is 11.1 Å². The predicted molar refractivity (Wildman–Crippen MR) is 53.4 cm³/mol. The minimum absolute atomic E-state index is 0.147. The van der Waals surface area contributed by atoms with Crippen molar-refractivity contribution in [2.45, 2.75) is 13.3 Å². The van der Waals surface area contributed by atoms with Crippen molar-refractivity contribution >= 4 is 0 Å². The Bertz CT molecular complexity index is 421. The first kappa shape index (κ1) is 8.94. The molecule has 1 aromatic heterocycles. The Morgan fingerprint density at radius 1 is 1.36 bits per heavy atom. The summed E-state index contributed by atoms with van der Waals surface area (Å²) >= 11 is 0. The Balaban J connectivity index is 2.43. The molecule has 2 rings (SSSR count). The summed E-state index contributed by atoms with van der Waals surface area (Å²) in [5.74, 6) is -0.147. The van der Waals surface area contributed by atoms with Crippen LogP contribution in [0, 0.1) is 5.82 Å². The van der Waals surface area contributed by atoms with Crippen molar-refractivity contribution < 1.29 is 4.39 Å². The Morgan fingerprint density at radius 2 is 2.21 bits per heavy atom. The van der Waals surface area contributed by atoms with Crippen LogP contribution in [0.5, 0.6) is 0 Å². The maximum Gasteiger partial charge on any atom is 0.127 e. The first-order valence-corrected chi connectivity index (χ1v) is 4.59. The van der Waals surface area contributed by atoms with Crippen molar-refractivity contribution in [3.05, 3.63) is 42.0 Å². The van der Waals surface area contributed by atoms with Crippen molar-refractivity contribution in [2.24, 2.45) is 0 Å². The average Bonchev–Trinajstić information content (AvgIpc) is 2.70. The molecule has 0 aliphatic rings. The van der Waals surface area contributed by atoms with Crippen LogP contribution in [0.1, 0.15) is 12.5 Å². The van der Waals surface area contributed by atoms with E-state index in [1.807, 2.05) is 19.1 Å². The maximum absolute atomic E-state index is 13.4. The third-order valence-electron chi connectivity index (χ3n) is 2.27. The molecule has 0 spiro atoms. The number of hydrogen-bond acceptors (Lipinski definition) is 1. The molecule has 0 aliphatic carbocycles. The second kappa shape index (κ2) is 3.62. The molecule has 1 heterocycles. The van der Waals surface area contributed by atoms with Gasteiger partial charge in [-0.25, -0.2) is 4.39 Å². The highest BCUT2D eigenvalue weighted by Gasteiger charge is 2.03. The number of halogens is 1. The first-order chi connectivity index (χ1) is 6.81. The van der Waals surface area contributed by atoms with Gasteiger partial charge in [0.1, 0.15) is 5.82 Å². The topological polar surface area (TPSA) is 28.7 Å². The smallest absolute Gasteiger partial charge is 0.127 e. The quantitative estimate of drug-likeness (QED) is 0.775. The lowest BCUT2D eigenvalue weighted by Gasteiger charge is -2.01. The van der Waals surface area contributed by atoms with Gasteiger partial charge in [-0.3, -0.25) is 5.10 Å². The molecular weight excluding hydrogens is 179 g/mol. The van der Waals surface area contributed by atoms with Gasteiger partial charge in [-0.2, -0.15) is 5.10 Å². The number of benzene rings is 1. The van der Waals surface area contributed by atoms with Crippen LogP contribution in [0.15, 0.2) is 30.6 Å². The Morgan fingerprint density at radius 3 is 2.79 bits per heavy atom. The van der Waals surface area contributed by atoms with Gasteiger partial charge in [0.2, 0.25) is 0 Å². The maximum atomic E-state index is 13.4. The minimum Gasteiger partial charge on any atom is -0.285 e. The van der Waals surface area contributed by atoms with Gasteiger partial charge in [0.25, 0.3) is 0 Å².